The Bertz CT molecular complexity index is 589. The van der Waals surface area contributed by atoms with Crippen LogP contribution in [0.1, 0.15) is 32.6 Å². The van der Waals surface area contributed by atoms with Gasteiger partial charge in [0, 0.05) is 5.41 Å². The number of hydrogen-bond acceptors (Lipinski definition) is 4. The quantitative estimate of drug-likeness (QED) is 0.736. The number of sulfone groups is 1. The number of carbonyl (C=O) groups is 2. The molecule has 2 unspecified atom stereocenters. The average Bonchev–Trinajstić information content (AvgIpc) is 2.96. The van der Waals surface area contributed by atoms with Crippen LogP contribution in [0.3, 0.4) is 0 Å². The predicted octanol–water partition coefficient (Wildman–Crippen LogP) is -0.0432. The normalized spacial score (nSPS) is 34.8. The number of carbonyl (C=O) groups excluding carboxylic acids is 2. The molecule has 1 N–H and O–H groups in total. The van der Waals surface area contributed by atoms with Crippen molar-refractivity contribution in [3.63, 3.8) is 0 Å². The molecule has 1 saturated carbocycles. The Morgan fingerprint density at radius 2 is 1.95 bits per heavy atom. The number of nitrogens with zero attached hydrogens (tertiary/aromatic N) is 1. The SMILES string of the molecule is CC1C(=O)NC2(CCCC2)C(=O)N1C1C=CS(=O)(=O)C1. The molecule has 0 bridgehead atoms. The number of amides is 2. The summed E-state index contributed by atoms with van der Waals surface area (Å²) in [7, 11) is -3.25. The van der Waals surface area contributed by atoms with E-state index in [4.69, 9.17) is 0 Å². The van der Waals surface area contributed by atoms with Gasteiger partial charge in [-0.2, -0.15) is 0 Å². The minimum absolute atomic E-state index is 0.119. The predicted molar refractivity (Wildman–Crippen MR) is 72.4 cm³/mol. The van der Waals surface area contributed by atoms with Crippen LogP contribution >= 0.6 is 0 Å². The van der Waals surface area contributed by atoms with E-state index in [1.54, 1.807) is 6.92 Å². The lowest BCUT2D eigenvalue weighted by Crippen LogP contribution is -2.70. The van der Waals surface area contributed by atoms with Crippen LogP contribution in [0, 0.1) is 0 Å². The molecule has 1 saturated heterocycles. The lowest BCUT2D eigenvalue weighted by atomic mass is 9.90. The minimum atomic E-state index is -3.25. The van der Waals surface area contributed by atoms with Gasteiger partial charge in [-0.25, -0.2) is 8.42 Å². The van der Waals surface area contributed by atoms with Crippen LogP contribution in [0.4, 0.5) is 0 Å². The molecule has 20 heavy (non-hydrogen) atoms. The first-order chi connectivity index (χ1) is 9.35. The molecular weight excluding hydrogens is 280 g/mol. The molecule has 2 amide bonds. The first-order valence-corrected chi connectivity index (χ1v) is 8.62. The second kappa shape index (κ2) is 4.31. The zero-order valence-electron chi connectivity index (χ0n) is 11.3. The standard InChI is InChI=1S/C13H18N2O4S/c1-9-11(16)14-13(5-2-3-6-13)12(17)15(9)10-4-7-20(18,19)8-10/h4,7,9-10H,2-3,5-6,8H2,1H3,(H,14,16). The molecule has 6 nitrogen and oxygen atoms in total. The maximum atomic E-state index is 12.8. The summed E-state index contributed by atoms with van der Waals surface area (Å²) in [6.07, 6.45) is 4.62. The molecule has 3 rings (SSSR count). The third-order valence-electron chi connectivity index (χ3n) is 4.53. The van der Waals surface area contributed by atoms with Crippen LogP contribution in [0.15, 0.2) is 11.5 Å². The Hall–Kier alpha value is -1.37. The maximum absolute atomic E-state index is 12.8. The molecule has 0 aromatic rings. The Morgan fingerprint density at radius 3 is 2.50 bits per heavy atom. The van der Waals surface area contributed by atoms with Gasteiger partial charge >= 0.3 is 0 Å². The Labute approximate surface area is 118 Å². The van der Waals surface area contributed by atoms with Gasteiger partial charge in [0.1, 0.15) is 11.6 Å². The lowest BCUT2D eigenvalue weighted by Gasteiger charge is -2.45. The van der Waals surface area contributed by atoms with Crippen molar-refractivity contribution in [2.24, 2.45) is 0 Å². The fraction of sp³-hybridized carbons (Fsp3) is 0.692. The second-order valence-corrected chi connectivity index (χ2v) is 7.82. The van der Waals surface area contributed by atoms with Crippen LogP contribution in [0.5, 0.6) is 0 Å². The van der Waals surface area contributed by atoms with E-state index >= 15 is 0 Å². The zero-order valence-corrected chi connectivity index (χ0v) is 12.1. The summed E-state index contributed by atoms with van der Waals surface area (Å²) < 4.78 is 23.1. The van der Waals surface area contributed by atoms with Gasteiger partial charge in [0.05, 0.1) is 11.8 Å². The average molecular weight is 298 g/mol. The summed E-state index contributed by atoms with van der Waals surface area (Å²) in [5, 5.41) is 4.01. The van der Waals surface area contributed by atoms with Crippen LogP contribution in [-0.2, 0) is 19.4 Å². The van der Waals surface area contributed by atoms with Crippen molar-refractivity contribution >= 4 is 21.7 Å². The highest BCUT2D eigenvalue weighted by Crippen LogP contribution is 2.36. The van der Waals surface area contributed by atoms with Gasteiger partial charge in [0.15, 0.2) is 9.84 Å². The Kier molecular flexibility index (Phi) is 2.93. The number of nitrogens with one attached hydrogen (secondary N) is 1. The topological polar surface area (TPSA) is 83.6 Å². The van der Waals surface area contributed by atoms with Gasteiger partial charge in [0.25, 0.3) is 0 Å². The molecule has 0 aromatic carbocycles. The number of piperazine rings is 1. The van der Waals surface area contributed by atoms with E-state index in [0.29, 0.717) is 12.8 Å². The van der Waals surface area contributed by atoms with Crippen molar-refractivity contribution < 1.29 is 18.0 Å². The van der Waals surface area contributed by atoms with Crippen LogP contribution in [0.25, 0.3) is 0 Å². The van der Waals surface area contributed by atoms with Crippen LogP contribution in [0.2, 0.25) is 0 Å². The summed E-state index contributed by atoms with van der Waals surface area (Å²) >= 11 is 0. The highest BCUT2D eigenvalue weighted by atomic mass is 32.2. The van der Waals surface area contributed by atoms with Crippen LogP contribution in [-0.4, -0.2) is 48.5 Å². The lowest BCUT2D eigenvalue weighted by molar-refractivity contribution is -0.155. The van der Waals surface area contributed by atoms with Gasteiger partial charge in [-0.3, -0.25) is 9.59 Å². The minimum Gasteiger partial charge on any atom is -0.340 e. The summed E-state index contributed by atoms with van der Waals surface area (Å²) in [5.74, 6) is -0.440. The molecular formula is C13H18N2O4S. The Morgan fingerprint density at radius 1 is 1.30 bits per heavy atom. The van der Waals surface area contributed by atoms with Gasteiger partial charge in [0.2, 0.25) is 11.8 Å². The molecule has 0 aromatic heterocycles. The number of rotatable bonds is 1. The summed E-state index contributed by atoms with van der Waals surface area (Å²) in [6, 6.07) is -1.15. The molecule has 3 aliphatic rings. The smallest absolute Gasteiger partial charge is 0.249 e. The maximum Gasteiger partial charge on any atom is 0.249 e. The van der Waals surface area contributed by atoms with E-state index in [-0.39, 0.29) is 17.6 Å². The van der Waals surface area contributed by atoms with E-state index in [1.807, 2.05) is 0 Å². The number of hydrogen-bond donors (Lipinski definition) is 1. The third kappa shape index (κ3) is 1.95. The van der Waals surface area contributed by atoms with Crippen molar-refractivity contribution in [2.75, 3.05) is 5.75 Å². The van der Waals surface area contributed by atoms with Crippen molar-refractivity contribution in [1.29, 1.82) is 0 Å². The largest absolute Gasteiger partial charge is 0.340 e. The molecule has 0 radical (unpaired) electrons. The van der Waals surface area contributed by atoms with Gasteiger partial charge in [-0.15, -0.1) is 0 Å². The highest BCUT2D eigenvalue weighted by Gasteiger charge is 2.53. The van der Waals surface area contributed by atoms with Crippen molar-refractivity contribution in [1.82, 2.24) is 10.2 Å². The van der Waals surface area contributed by atoms with Crippen molar-refractivity contribution in [3.05, 3.63) is 11.5 Å². The molecule has 1 aliphatic carbocycles. The summed E-state index contributed by atoms with van der Waals surface area (Å²) in [4.78, 5) is 26.4. The Balaban J connectivity index is 1.94. The van der Waals surface area contributed by atoms with E-state index in [1.165, 1.54) is 11.0 Å². The van der Waals surface area contributed by atoms with E-state index in [9.17, 15) is 18.0 Å². The molecule has 2 heterocycles. The van der Waals surface area contributed by atoms with Crippen LogP contribution < -0.4 is 5.32 Å². The van der Waals surface area contributed by atoms with Crippen molar-refractivity contribution in [2.45, 2.75) is 50.2 Å². The third-order valence-corrected chi connectivity index (χ3v) is 5.91. The molecule has 1 spiro atoms. The highest BCUT2D eigenvalue weighted by molar-refractivity contribution is 7.94. The van der Waals surface area contributed by atoms with Gasteiger partial charge < -0.3 is 10.2 Å². The molecule has 110 valence electrons. The monoisotopic (exact) mass is 298 g/mol. The molecule has 2 aliphatic heterocycles. The first-order valence-electron chi connectivity index (χ1n) is 6.90. The van der Waals surface area contributed by atoms with E-state index < -0.39 is 27.5 Å². The first kappa shape index (κ1) is 13.6. The van der Waals surface area contributed by atoms with Gasteiger partial charge in [-0.1, -0.05) is 12.8 Å². The molecule has 2 fully saturated rings. The van der Waals surface area contributed by atoms with E-state index in [0.717, 1.165) is 18.2 Å². The van der Waals surface area contributed by atoms with Gasteiger partial charge in [-0.05, 0) is 25.8 Å². The molecule has 7 heteroatoms. The summed E-state index contributed by atoms with van der Waals surface area (Å²) in [5.41, 5.74) is -0.802. The zero-order chi connectivity index (χ0) is 14.5. The summed E-state index contributed by atoms with van der Waals surface area (Å²) in [6.45, 7) is 1.65. The fourth-order valence-electron chi connectivity index (χ4n) is 3.43. The fourth-order valence-corrected chi connectivity index (χ4v) is 4.71. The van der Waals surface area contributed by atoms with E-state index in [2.05, 4.69) is 5.32 Å². The second-order valence-electron chi connectivity index (χ2n) is 5.89. The molecule has 2 atom stereocenters. The van der Waals surface area contributed by atoms with Crippen molar-refractivity contribution in [3.8, 4) is 0 Å².